The predicted octanol–water partition coefficient (Wildman–Crippen LogP) is 2.56. The van der Waals surface area contributed by atoms with E-state index in [0.29, 0.717) is 6.42 Å². The Bertz CT molecular complexity index is 803. The van der Waals surface area contributed by atoms with Gasteiger partial charge in [-0.15, -0.1) is 0 Å². The number of para-hydroxylation sites is 1. The van der Waals surface area contributed by atoms with Gasteiger partial charge in [0.15, 0.2) is 4.90 Å². The second-order valence-corrected chi connectivity index (χ2v) is 7.65. The van der Waals surface area contributed by atoms with E-state index in [9.17, 15) is 28.4 Å². The lowest BCUT2D eigenvalue weighted by molar-refractivity contribution is -0.387. The Morgan fingerprint density at radius 1 is 1.40 bits per heavy atom. The molecule has 0 spiro atoms. The third-order valence-electron chi connectivity index (χ3n) is 4.14. The minimum absolute atomic E-state index is 0.0167. The Hall–Kier alpha value is -2.26. The number of aliphatic carboxylic acids is 1. The van der Waals surface area contributed by atoms with E-state index >= 15 is 0 Å². The molecule has 0 radical (unpaired) electrons. The molecule has 1 unspecified atom stereocenters. The Balaban J connectivity index is 2.47. The highest BCUT2D eigenvalue weighted by Crippen LogP contribution is 2.30. The van der Waals surface area contributed by atoms with Crippen LogP contribution in [0.5, 0.6) is 0 Å². The normalized spacial score (nSPS) is 19.1. The standard InChI is InChI=1S/C16H20N2O6S/c1-2-5-12-8-9-14(16(19)20)17(11-10-12)25(23,24)15-7-4-3-6-13(15)18(21)22/h3-4,6-8,14H,2,5,9-11H2,1H3,(H,19,20). The van der Waals surface area contributed by atoms with Crippen LogP contribution in [0.3, 0.4) is 0 Å². The van der Waals surface area contributed by atoms with E-state index < -0.39 is 37.5 Å². The molecule has 1 atom stereocenters. The van der Waals surface area contributed by atoms with Crippen molar-refractivity contribution in [2.75, 3.05) is 6.54 Å². The van der Waals surface area contributed by atoms with Crippen molar-refractivity contribution in [2.45, 2.75) is 43.5 Å². The van der Waals surface area contributed by atoms with Crippen LogP contribution in [0.4, 0.5) is 5.69 Å². The summed E-state index contributed by atoms with van der Waals surface area (Å²) in [6, 6.07) is 3.71. The SMILES string of the molecule is CCCC1=CCC(C(=O)O)N(S(=O)(=O)c2ccccc2[N+](=O)[O-])CC1. The van der Waals surface area contributed by atoms with Gasteiger partial charge in [-0.25, -0.2) is 8.42 Å². The van der Waals surface area contributed by atoms with Crippen molar-refractivity contribution in [2.24, 2.45) is 0 Å². The number of nitrogens with zero attached hydrogens (tertiary/aromatic N) is 2. The van der Waals surface area contributed by atoms with Crippen LogP contribution < -0.4 is 0 Å². The Labute approximate surface area is 146 Å². The third-order valence-corrected chi connectivity index (χ3v) is 6.09. The molecule has 0 aromatic heterocycles. The Morgan fingerprint density at radius 3 is 2.68 bits per heavy atom. The van der Waals surface area contributed by atoms with E-state index in [1.54, 1.807) is 6.08 Å². The fourth-order valence-corrected chi connectivity index (χ4v) is 4.67. The molecule has 0 saturated carbocycles. The first kappa shape index (κ1) is 19.1. The number of carboxylic acid groups (broad SMARTS) is 1. The van der Waals surface area contributed by atoms with Gasteiger partial charge in [0.05, 0.1) is 4.92 Å². The van der Waals surface area contributed by atoms with Crippen LogP contribution in [0, 0.1) is 10.1 Å². The van der Waals surface area contributed by atoms with E-state index in [4.69, 9.17) is 0 Å². The topological polar surface area (TPSA) is 118 Å². The first-order valence-corrected chi connectivity index (χ1v) is 9.39. The smallest absolute Gasteiger partial charge is 0.322 e. The van der Waals surface area contributed by atoms with E-state index in [1.807, 2.05) is 6.92 Å². The quantitative estimate of drug-likeness (QED) is 0.468. The van der Waals surface area contributed by atoms with Gasteiger partial charge >= 0.3 is 5.97 Å². The minimum atomic E-state index is -4.32. The molecule has 0 fully saturated rings. The summed E-state index contributed by atoms with van der Waals surface area (Å²) in [7, 11) is -4.32. The lowest BCUT2D eigenvalue weighted by Crippen LogP contribution is -2.44. The average molecular weight is 368 g/mol. The van der Waals surface area contributed by atoms with Crippen LogP contribution in [0.15, 0.2) is 40.8 Å². The summed E-state index contributed by atoms with van der Waals surface area (Å²) < 4.78 is 26.8. The molecule has 1 aliphatic rings. The second kappa shape index (κ2) is 7.75. The van der Waals surface area contributed by atoms with Gasteiger partial charge in [-0.3, -0.25) is 14.9 Å². The van der Waals surface area contributed by atoms with Gasteiger partial charge in [-0.2, -0.15) is 4.31 Å². The molecule has 1 aromatic carbocycles. The van der Waals surface area contributed by atoms with E-state index in [1.165, 1.54) is 12.1 Å². The first-order chi connectivity index (χ1) is 11.8. The summed E-state index contributed by atoms with van der Waals surface area (Å²) in [6.45, 7) is 1.97. The fraction of sp³-hybridized carbons (Fsp3) is 0.438. The third kappa shape index (κ3) is 4.05. The van der Waals surface area contributed by atoms with Gasteiger partial charge < -0.3 is 5.11 Å². The maximum Gasteiger partial charge on any atom is 0.322 e. The number of carbonyl (C=O) groups is 1. The van der Waals surface area contributed by atoms with E-state index in [2.05, 4.69) is 0 Å². The first-order valence-electron chi connectivity index (χ1n) is 7.95. The highest BCUT2D eigenvalue weighted by molar-refractivity contribution is 7.89. The summed E-state index contributed by atoms with van der Waals surface area (Å²) in [4.78, 5) is 21.5. The zero-order valence-electron chi connectivity index (χ0n) is 13.8. The number of rotatable bonds is 6. The lowest BCUT2D eigenvalue weighted by Gasteiger charge is -2.25. The molecule has 25 heavy (non-hydrogen) atoms. The zero-order chi connectivity index (χ0) is 18.6. The van der Waals surface area contributed by atoms with Crippen molar-refractivity contribution >= 4 is 21.7 Å². The van der Waals surface area contributed by atoms with Gasteiger partial charge in [-0.1, -0.05) is 37.1 Å². The molecule has 0 aliphatic carbocycles. The molecule has 8 nitrogen and oxygen atoms in total. The van der Waals surface area contributed by atoms with Gasteiger partial charge in [-0.05, 0) is 25.3 Å². The minimum Gasteiger partial charge on any atom is -0.480 e. The van der Waals surface area contributed by atoms with E-state index in [-0.39, 0.29) is 13.0 Å². The van der Waals surface area contributed by atoms with Crippen molar-refractivity contribution in [3.63, 3.8) is 0 Å². The summed E-state index contributed by atoms with van der Waals surface area (Å²) in [5.74, 6) is -1.27. The molecular formula is C16H20N2O6S. The highest BCUT2D eigenvalue weighted by atomic mass is 32.2. The van der Waals surface area contributed by atoms with Crippen LogP contribution in [-0.2, 0) is 14.8 Å². The number of sulfonamides is 1. The van der Waals surface area contributed by atoms with Gasteiger partial charge in [0, 0.05) is 12.6 Å². The highest BCUT2D eigenvalue weighted by Gasteiger charge is 2.39. The van der Waals surface area contributed by atoms with Crippen LogP contribution >= 0.6 is 0 Å². The van der Waals surface area contributed by atoms with Crippen molar-refractivity contribution in [1.82, 2.24) is 4.31 Å². The molecule has 0 bridgehead atoms. The van der Waals surface area contributed by atoms with Gasteiger partial charge in [0.1, 0.15) is 6.04 Å². The summed E-state index contributed by atoms with van der Waals surface area (Å²) in [5, 5.41) is 20.6. The number of nitro groups is 1. The number of hydrogen-bond acceptors (Lipinski definition) is 5. The molecule has 9 heteroatoms. The Kier molecular flexibility index (Phi) is 5.91. The summed E-state index contributed by atoms with van der Waals surface area (Å²) >= 11 is 0. The number of hydrogen-bond donors (Lipinski definition) is 1. The monoisotopic (exact) mass is 368 g/mol. The predicted molar refractivity (Wildman–Crippen MR) is 90.6 cm³/mol. The van der Waals surface area contributed by atoms with Crippen molar-refractivity contribution in [3.8, 4) is 0 Å². The zero-order valence-corrected chi connectivity index (χ0v) is 14.6. The maximum atomic E-state index is 13.0. The molecule has 2 rings (SSSR count). The lowest BCUT2D eigenvalue weighted by atomic mass is 10.1. The van der Waals surface area contributed by atoms with Crippen molar-refractivity contribution in [3.05, 3.63) is 46.0 Å². The molecular weight excluding hydrogens is 348 g/mol. The number of nitro benzene ring substituents is 1. The molecule has 1 heterocycles. The average Bonchev–Trinajstić information content (AvgIpc) is 2.78. The maximum absolute atomic E-state index is 13.0. The number of carboxylic acids is 1. The summed E-state index contributed by atoms with van der Waals surface area (Å²) in [5.41, 5.74) is 0.451. The van der Waals surface area contributed by atoms with Crippen LogP contribution in [-0.4, -0.2) is 41.3 Å². The molecule has 1 aromatic rings. The Morgan fingerprint density at radius 2 is 2.08 bits per heavy atom. The molecule has 0 amide bonds. The van der Waals surface area contributed by atoms with Crippen LogP contribution in [0.1, 0.15) is 32.6 Å². The van der Waals surface area contributed by atoms with Crippen LogP contribution in [0.2, 0.25) is 0 Å². The van der Waals surface area contributed by atoms with Crippen LogP contribution in [0.25, 0.3) is 0 Å². The second-order valence-electron chi connectivity index (χ2n) is 5.79. The van der Waals surface area contributed by atoms with Crippen molar-refractivity contribution < 1.29 is 23.2 Å². The fourth-order valence-electron chi connectivity index (χ4n) is 2.92. The molecule has 0 saturated heterocycles. The summed E-state index contributed by atoms with van der Waals surface area (Å²) in [6.07, 6.45) is 3.88. The molecule has 1 aliphatic heterocycles. The van der Waals surface area contributed by atoms with Gasteiger partial charge in [0.25, 0.3) is 15.7 Å². The van der Waals surface area contributed by atoms with Gasteiger partial charge in [0.2, 0.25) is 0 Å². The molecule has 136 valence electrons. The van der Waals surface area contributed by atoms with Crippen molar-refractivity contribution in [1.29, 1.82) is 0 Å². The largest absolute Gasteiger partial charge is 0.480 e. The number of benzene rings is 1. The molecule has 1 N–H and O–H groups in total. The van der Waals surface area contributed by atoms with E-state index in [0.717, 1.165) is 34.9 Å².